The van der Waals surface area contributed by atoms with E-state index in [-0.39, 0.29) is 17.6 Å². The number of nitrogens with zero attached hydrogens (tertiary/aromatic N) is 4. The summed E-state index contributed by atoms with van der Waals surface area (Å²) in [7, 11) is 1.42. The summed E-state index contributed by atoms with van der Waals surface area (Å²) in [6.07, 6.45) is 4.43. The van der Waals surface area contributed by atoms with E-state index in [1.165, 1.54) is 17.6 Å². The van der Waals surface area contributed by atoms with Gasteiger partial charge in [0, 0.05) is 33.9 Å². The lowest BCUT2D eigenvalue weighted by Gasteiger charge is -2.45. The second kappa shape index (κ2) is 10.9. The largest absolute Gasteiger partial charge is 0.507 e. The zero-order valence-corrected chi connectivity index (χ0v) is 24.3. The van der Waals surface area contributed by atoms with Crippen molar-refractivity contribution in [1.29, 1.82) is 0 Å². The van der Waals surface area contributed by atoms with Gasteiger partial charge in [-0.2, -0.15) is 0 Å². The van der Waals surface area contributed by atoms with Crippen molar-refractivity contribution in [1.82, 2.24) is 20.3 Å². The molecule has 6 rings (SSSR count). The number of hydrogen-bond acceptors (Lipinski definition) is 9. The number of carbonyl (C=O) groups is 1. The summed E-state index contributed by atoms with van der Waals surface area (Å²) < 4.78 is 10.6. The van der Waals surface area contributed by atoms with E-state index < -0.39 is 5.92 Å². The van der Waals surface area contributed by atoms with Gasteiger partial charge >= 0.3 is 5.97 Å². The zero-order valence-electron chi connectivity index (χ0n) is 23.5. The number of benzene rings is 1. The van der Waals surface area contributed by atoms with E-state index in [0.29, 0.717) is 34.9 Å². The van der Waals surface area contributed by atoms with Gasteiger partial charge in [-0.25, -0.2) is 0 Å². The van der Waals surface area contributed by atoms with Crippen molar-refractivity contribution in [3.63, 3.8) is 0 Å². The van der Waals surface area contributed by atoms with E-state index in [4.69, 9.17) is 9.26 Å². The van der Waals surface area contributed by atoms with Gasteiger partial charge in [-0.05, 0) is 81.3 Å². The maximum absolute atomic E-state index is 12.2. The SMILES string of the molecule is COC(=O)C(c1cc(C2CC(N3CCC(c4sc5nnc(-c6ccccc6O)cc5c4C)CC3)C2)no1)C(C)C. The number of aryl methyl sites for hydroxylation is 1. The van der Waals surface area contributed by atoms with Crippen LogP contribution in [0.2, 0.25) is 0 Å². The van der Waals surface area contributed by atoms with Crippen LogP contribution in [0.4, 0.5) is 0 Å². The molecule has 1 aliphatic heterocycles. The Morgan fingerprint density at radius 3 is 2.58 bits per heavy atom. The minimum atomic E-state index is -0.415. The summed E-state index contributed by atoms with van der Waals surface area (Å²) in [4.78, 5) is 17.3. The molecule has 1 unspecified atom stereocenters. The number of thiophene rings is 1. The number of ether oxygens (including phenoxy) is 1. The average Bonchev–Trinajstić information content (AvgIpc) is 3.53. The number of carbonyl (C=O) groups excluding carboxylic acids is 1. The Morgan fingerprint density at radius 1 is 1.12 bits per heavy atom. The average molecular weight is 561 g/mol. The van der Waals surface area contributed by atoms with Gasteiger partial charge in [-0.1, -0.05) is 31.1 Å². The van der Waals surface area contributed by atoms with Gasteiger partial charge in [0.2, 0.25) is 0 Å². The third-order valence-corrected chi connectivity index (χ3v) is 10.2. The number of aromatic nitrogens is 3. The first-order valence-electron chi connectivity index (χ1n) is 14.2. The minimum absolute atomic E-state index is 0.0830. The fourth-order valence-corrected chi connectivity index (χ4v) is 7.67. The van der Waals surface area contributed by atoms with Gasteiger partial charge in [0.1, 0.15) is 16.5 Å². The fourth-order valence-electron chi connectivity index (χ4n) is 6.39. The van der Waals surface area contributed by atoms with E-state index in [1.807, 2.05) is 38.1 Å². The van der Waals surface area contributed by atoms with Crippen molar-refractivity contribution in [2.75, 3.05) is 20.2 Å². The number of rotatable bonds is 7. The third-order valence-electron chi connectivity index (χ3n) is 8.84. The van der Waals surface area contributed by atoms with Crippen molar-refractivity contribution < 1.29 is 19.2 Å². The van der Waals surface area contributed by atoms with Gasteiger partial charge in [0.15, 0.2) is 5.76 Å². The normalized spacial score (nSPS) is 21.0. The Bertz CT molecular complexity index is 1510. The van der Waals surface area contributed by atoms with Crippen LogP contribution in [0.15, 0.2) is 40.9 Å². The molecule has 1 aromatic carbocycles. The zero-order chi connectivity index (χ0) is 28.0. The molecular formula is C31H36N4O4S. The maximum Gasteiger partial charge on any atom is 0.316 e. The Hall–Kier alpha value is -3.30. The topological polar surface area (TPSA) is 102 Å². The molecule has 1 saturated heterocycles. The first kappa shape index (κ1) is 26.9. The summed E-state index contributed by atoms with van der Waals surface area (Å²) in [5, 5.41) is 24.7. The smallest absolute Gasteiger partial charge is 0.316 e. The molecule has 1 saturated carbocycles. The number of methoxy groups -OCH3 is 1. The number of fused-ring (bicyclic) bond motifs is 1. The Balaban J connectivity index is 1.07. The molecule has 3 aromatic heterocycles. The standard InChI is InChI=1S/C31H36N4O4S/c1-17(2)28(31(37)38-4)27-16-24(34-39-27)20-13-21(14-20)35-11-9-19(10-12-35)29-18(3)23-15-25(32-33-30(23)40-29)22-7-5-6-8-26(22)36/h5-8,15-17,19-21,28,36H,9-14H2,1-4H3. The second-order valence-corrected chi connectivity index (χ2v) is 12.6. The van der Waals surface area contributed by atoms with Crippen LogP contribution in [0.1, 0.15) is 79.2 Å². The summed E-state index contributed by atoms with van der Waals surface area (Å²) >= 11 is 1.77. The highest BCUT2D eigenvalue weighted by Gasteiger charge is 2.39. The molecule has 2 fully saturated rings. The van der Waals surface area contributed by atoms with Crippen molar-refractivity contribution in [3.05, 3.63) is 58.3 Å². The van der Waals surface area contributed by atoms with Gasteiger partial charge < -0.3 is 19.3 Å². The highest BCUT2D eigenvalue weighted by molar-refractivity contribution is 7.18. The predicted octanol–water partition coefficient (Wildman–Crippen LogP) is 6.40. The Labute approximate surface area is 238 Å². The molecule has 1 aliphatic carbocycles. The van der Waals surface area contributed by atoms with Gasteiger partial charge in [0.25, 0.3) is 0 Å². The molecule has 0 amide bonds. The van der Waals surface area contributed by atoms with Crippen LogP contribution >= 0.6 is 11.3 Å². The highest BCUT2D eigenvalue weighted by Crippen LogP contribution is 2.44. The van der Waals surface area contributed by atoms with Gasteiger partial charge in [-0.3, -0.25) is 4.79 Å². The molecule has 8 nitrogen and oxygen atoms in total. The highest BCUT2D eigenvalue weighted by atomic mass is 32.1. The molecule has 1 N–H and O–H groups in total. The second-order valence-electron chi connectivity index (χ2n) is 11.6. The lowest BCUT2D eigenvalue weighted by atomic mass is 9.76. The van der Waals surface area contributed by atoms with Gasteiger partial charge in [0.05, 0.1) is 18.5 Å². The molecule has 210 valence electrons. The first-order valence-corrected chi connectivity index (χ1v) is 15.0. The monoisotopic (exact) mass is 560 g/mol. The van der Waals surface area contributed by atoms with Crippen molar-refractivity contribution in [3.8, 4) is 17.0 Å². The number of esters is 1. The molecule has 40 heavy (non-hydrogen) atoms. The molecule has 4 heterocycles. The summed E-state index contributed by atoms with van der Waals surface area (Å²) in [6.45, 7) is 8.37. The van der Waals surface area contributed by atoms with E-state index >= 15 is 0 Å². The van der Waals surface area contributed by atoms with E-state index in [1.54, 1.807) is 17.4 Å². The van der Waals surface area contributed by atoms with Gasteiger partial charge in [-0.15, -0.1) is 21.5 Å². The fraction of sp³-hybridized carbons (Fsp3) is 0.484. The van der Waals surface area contributed by atoms with E-state index in [9.17, 15) is 9.90 Å². The number of phenols is 1. The molecular weight excluding hydrogens is 524 g/mol. The molecule has 9 heteroatoms. The number of aromatic hydroxyl groups is 1. The van der Waals surface area contributed by atoms with E-state index in [2.05, 4.69) is 33.2 Å². The van der Waals surface area contributed by atoms with Crippen molar-refractivity contribution in [2.45, 2.75) is 70.3 Å². The molecule has 2 aliphatic rings. The van der Waals surface area contributed by atoms with Crippen LogP contribution < -0.4 is 0 Å². The van der Waals surface area contributed by atoms with Crippen LogP contribution in [0.25, 0.3) is 21.5 Å². The molecule has 1 atom stereocenters. The number of likely N-dealkylation sites (tertiary alicyclic amines) is 1. The van der Waals surface area contributed by atoms with Crippen LogP contribution in [0, 0.1) is 12.8 Å². The number of hydrogen-bond donors (Lipinski definition) is 1. The minimum Gasteiger partial charge on any atom is -0.507 e. The third kappa shape index (κ3) is 4.90. The number of para-hydroxylation sites is 1. The first-order chi connectivity index (χ1) is 19.3. The quantitative estimate of drug-likeness (QED) is 0.259. The number of phenolic OH excluding ortho intramolecular Hbond substituents is 1. The summed E-state index contributed by atoms with van der Waals surface area (Å²) in [6, 6.07) is 11.9. The lowest BCUT2D eigenvalue weighted by Crippen LogP contribution is -2.47. The predicted molar refractivity (Wildman–Crippen MR) is 155 cm³/mol. The van der Waals surface area contributed by atoms with Crippen LogP contribution in [0.3, 0.4) is 0 Å². The summed E-state index contributed by atoms with van der Waals surface area (Å²) in [5.41, 5.74) is 3.67. The lowest BCUT2D eigenvalue weighted by molar-refractivity contribution is -0.144. The van der Waals surface area contributed by atoms with Crippen LogP contribution in [0.5, 0.6) is 5.75 Å². The molecule has 0 bridgehead atoms. The van der Waals surface area contributed by atoms with Crippen molar-refractivity contribution in [2.24, 2.45) is 5.92 Å². The number of piperidine rings is 1. The Morgan fingerprint density at radius 2 is 1.88 bits per heavy atom. The van der Waals surface area contributed by atoms with Crippen molar-refractivity contribution >= 4 is 27.5 Å². The van der Waals surface area contributed by atoms with Crippen LogP contribution in [-0.4, -0.2) is 57.6 Å². The van der Waals surface area contributed by atoms with Crippen LogP contribution in [-0.2, 0) is 9.53 Å². The maximum atomic E-state index is 12.2. The molecule has 0 radical (unpaired) electrons. The Kier molecular flexibility index (Phi) is 7.35. The summed E-state index contributed by atoms with van der Waals surface area (Å²) in [5.74, 6) is 1.14. The molecule has 4 aromatic rings. The van der Waals surface area contributed by atoms with E-state index in [0.717, 1.165) is 54.7 Å². The molecule has 0 spiro atoms.